The molecule has 4 nitrogen and oxygen atoms in total. The molecule has 138 valence electrons. The normalized spacial score (nSPS) is 19.2. The SMILES string of the molecule is Cl.N=C(N)C1CCC(C(=O)Oc2ccc(Cc3ccccc3)cc2)CC1. The molecule has 2 aromatic carbocycles. The molecule has 5 heteroatoms. The van der Waals surface area contributed by atoms with E-state index >= 15 is 0 Å². The summed E-state index contributed by atoms with van der Waals surface area (Å²) in [6.07, 6.45) is 3.95. The Bertz CT molecular complexity index is 723. The molecule has 0 atom stereocenters. The Labute approximate surface area is 160 Å². The average molecular weight is 373 g/mol. The molecule has 0 bridgehead atoms. The van der Waals surface area contributed by atoms with Crippen LogP contribution < -0.4 is 10.5 Å². The molecule has 0 heterocycles. The van der Waals surface area contributed by atoms with E-state index in [1.165, 1.54) is 11.1 Å². The van der Waals surface area contributed by atoms with Crippen LogP contribution in [0.5, 0.6) is 5.75 Å². The van der Waals surface area contributed by atoms with E-state index in [0.29, 0.717) is 5.75 Å². The molecule has 0 amide bonds. The number of rotatable bonds is 5. The van der Waals surface area contributed by atoms with Gasteiger partial charge in [0.25, 0.3) is 0 Å². The monoisotopic (exact) mass is 372 g/mol. The number of carbonyl (C=O) groups is 1. The molecule has 0 radical (unpaired) electrons. The molecule has 1 saturated carbocycles. The van der Waals surface area contributed by atoms with Gasteiger partial charge in [0.1, 0.15) is 5.75 Å². The minimum absolute atomic E-state index is 0. The van der Waals surface area contributed by atoms with Gasteiger partial charge in [-0.25, -0.2) is 0 Å². The molecule has 3 N–H and O–H groups in total. The van der Waals surface area contributed by atoms with Crippen LogP contribution in [0.2, 0.25) is 0 Å². The Morgan fingerprint density at radius 3 is 2.04 bits per heavy atom. The number of nitrogens with two attached hydrogens (primary N) is 1. The zero-order valence-corrected chi connectivity index (χ0v) is 15.5. The second-order valence-corrected chi connectivity index (χ2v) is 6.73. The first-order valence-electron chi connectivity index (χ1n) is 8.80. The van der Waals surface area contributed by atoms with Crippen molar-refractivity contribution in [3.63, 3.8) is 0 Å². The van der Waals surface area contributed by atoms with Gasteiger partial charge in [-0.2, -0.15) is 0 Å². The van der Waals surface area contributed by atoms with Gasteiger partial charge in [0.15, 0.2) is 0 Å². The van der Waals surface area contributed by atoms with E-state index in [2.05, 4.69) is 12.1 Å². The lowest BCUT2D eigenvalue weighted by molar-refractivity contribution is -0.140. The summed E-state index contributed by atoms with van der Waals surface area (Å²) in [5.74, 6) is 0.704. The summed E-state index contributed by atoms with van der Waals surface area (Å²) in [6.45, 7) is 0. The Morgan fingerprint density at radius 1 is 0.923 bits per heavy atom. The predicted molar refractivity (Wildman–Crippen MR) is 106 cm³/mol. The number of halogens is 1. The van der Waals surface area contributed by atoms with Gasteiger partial charge in [-0.1, -0.05) is 42.5 Å². The van der Waals surface area contributed by atoms with Crippen LogP contribution >= 0.6 is 12.4 Å². The molecular weight excluding hydrogens is 348 g/mol. The number of nitrogens with one attached hydrogen (secondary N) is 1. The highest BCUT2D eigenvalue weighted by molar-refractivity contribution is 5.85. The fourth-order valence-corrected chi connectivity index (χ4v) is 3.35. The zero-order chi connectivity index (χ0) is 17.6. The average Bonchev–Trinajstić information content (AvgIpc) is 2.64. The summed E-state index contributed by atoms with van der Waals surface area (Å²) in [5, 5.41) is 7.50. The van der Waals surface area contributed by atoms with Crippen molar-refractivity contribution in [2.24, 2.45) is 17.6 Å². The highest BCUT2D eigenvalue weighted by Gasteiger charge is 2.28. The van der Waals surface area contributed by atoms with Crippen LogP contribution in [0.1, 0.15) is 36.8 Å². The molecule has 3 rings (SSSR count). The van der Waals surface area contributed by atoms with Crippen LogP contribution in [0.4, 0.5) is 0 Å². The third-order valence-corrected chi connectivity index (χ3v) is 4.89. The predicted octanol–water partition coefficient (Wildman–Crippen LogP) is 4.35. The number of hydrogen-bond donors (Lipinski definition) is 2. The molecule has 1 fully saturated rings. The van der Waals surface area contributed by atoms with Crippen molar-refractivity contribution >= 4 is 24.2 Å². The molecule has 2 aromatic rings. The fraction of sp³-hybridized carbons (Fsp3) is 0.333. The van der Waals surface area contributed by atoms with E-state index in [1.807, 2.05) is 42.5 Å². The largest absolute Gasteiger partial charge is 0.426 e. The Morgan fingerprint density at radius 2 is 1.46 bits per heavy atom. The standard InChI is InChI=1S/C21H24N2O2.ClH/c22-20(23)17-8-10-18(11-9-17)21(24)25-19-12-6-16(7-13-19)14-15-4-2-1-3-5-15;/h1-7,12-13,17-18H,8-11,14H2,(H3,22,23);1H. The molecule has 0 unspecified atom stereocenters. The van der Waals surface area contributed by atoms with Gasteiger partial charge < -0.3 is 10.5 Å². The first-order chi connectivity index (χ1) is 12.1. The number of esters is 1. The van der Waals surface area contributed by atoms with Crippen LogP contribution in [-0.4, -0.2) is 11.8 Å². The van der Waals surface area contributed by atoms with Crippen LogP contribution in [-0.2, 0) is 11.2 Å². The van der Waals surface area contributed by atoms with Crippen molar-refractivity contribution in [1.82, 2.24) is 0 Å². The van der Waals surface area contributed by atoms with E-state index in [4.69, 9.17) is 15.9 Å². The number of hydrogen-bond acceptors (Lipinski definition) is 3. The minimum atomic E-state index is -0.169. The number of amidine groups is 1. The van der Waals surface area contributed by atoms with E-state index in [-0.39, 0.29) is 36.0 Å². The topological polar surface area (TPSA) is 76.2 Å². The Hall–Kier alpha value is -2.33. The van der Waals surface area contributed by atoms with Gasteiger partial charge in [-0.15, -0.1) is 12.4 Å². The van der Waals surface area contributed by atoms with Crippen LogP contribution in [0.15, 0.2) is 54.6 Å². The van der Waals surface area contributed by atoms with E-state index in [1.54, 1.807) is 0 Å². The fourth-order valence-electron chi connectivity index (χ4n) is 3.35. The first-order valence-corrected chi connectivity index (χ1v) is 8.80. The summed E-state index contributed by atoms with van der Waals surface area (Å²) >= 11 is 0. The van der Waals surface area contributed by atoms with Crippen LogP contribution in [0, 0.1) is 17.2 Å². The van der Waals surface area contributed by atoms with E-state index < -0.39 is 0 Å². The lowest BCUT2D eigenvalue weighted by Crippen LogP contribution is -2.31. The molecule has 0 aliphatic heterocycles. The van der Waals surface area contributed by atoms with Crippen molar-refractivity contribution in [3.8, 4) is 5.75 Å². The third-order valence-electron chi connectivity index (χ3n) is 4.89. The molecule has 0 aromatic heterocycles. The van der Waals surface area contributed by atoms with E-state index in [9.17, 15) is 4.79 Å². The van der Waals surface area contributed by atoms with Gasteiger partial charge in [-0.3, -0.25) is 10.2 Å². The summed E-state index contributed by atoms with van der Waals surface area (Å²) < 4.78 is 5.53. The number of benzene rings is 2. The summed E-state index contributed by atoms with van der Waals surface area (Å²) in [5.41, 5.74) is 8.00. The Balaban J connectivity index is 0.00000243. The van der Waals surface area contributed by atoms with Gasteiger partial charge in [0, 0.05) is 5.92 Å². The van der Waals surface area contributed by atoms with Crippen molar-refractivity contribution in [1.29, 1.82) is 5.41 Å². The summed E-state index contributed by atoms with van der Waals surface area (Å²) in [4.78, 5) is 12.3. The lowest BCUT2D eigenvalue weighted by Gasteiger charge is -2.26. The molecule has 0 saturated heterocycles. The maximum absolute atomic E-state index is 12.3. The summed E-state index contributed by atoms with van der Waals surface area (Å²) in [6, 6.07) is 18.0. The molecule has 1 aliphatic rings. The van der Waals surface area contributed by atoms with Crippen molar-refractivity contribution in [3.05, 3.63) is 65.7 Å². The zero-order valence-electron chi connectivity index (χ0n) is 14.7. The van der Waals surface area contributed by atoms with E-state index in [0.717, 1.165) is 32.1 Å². The van der Waals surface area contributed by atoms with Gasteiger partial charge >= 0.3 is 5.97 Å². The third kappa shape index (κ3) is 5.33. The van der Waals surface area contributed by atoms with Crippen molar-refractivity contribution in [2.75, 3.05) is 0 Å². The van der Waals surface area contributed by atoms with Gasteiger partial charge in [0.2, 0.25) is 0 Å². The highest BCUT2D eigenvalue weighted by Crippen LogP contribution is 2.30. The first kappa shape index (κ1) is 20.0. The summed E-state index contributed by atoms with van der Waals surface area (Å²) in [7, 11) is 0. The number of carbonyl (C=O) groups excluding carboxylic acids is 1. The Kier molecular flexibility index (Phi) is 7.22. The second-order valence-electron chi connectivity index (χ2n) is 6.73. The maximum atomic E-state index is 12.3. The van der Waals surface area contributed by atoms with Crippen LogP contribution in [0.3, 0.4) is 0 Å². The van der Waals surface area contributed by atoms with Crippen molar-refractivity contribution in [2.45, 2.75) is 32.1 Å². The van der Waals surface area contributed by atoms with Crippen molar-refractivity contribution < 1.29 is 9.53 Å². The smallest absolute Gasteiger partial charge is 0.314 e. The molecular formula is C21H25ClN2O2. The molecule has 26 heavy (non-hydrogen) atoms. The second kappa shape index (κ2) is 9.39. The quantitative estimate of drug-likeness (QED) is 0.354. The van der Waals surface area contributed by atoms with Gasteiger partial charge in [0.05, 0.1) is 11.8 Å². The molecule has 1 aliphatic carbocycles. The maximum Gasteiger partial charge on any atom is 0.314 e. The molecule has 0 spiro atoms. The highest BCUT2D eigenvalue weighted by atomic mass is 35.5. The lowest BCUT2D eigenvalue weighted by atomic mass is 9.81. The van der Waals surface area contributed by atoms with Gasteiger partial charge in [-0.05, 0) is 55.4 Å². The van der Waals surface area contributed by atoms with Crippen LogP contribution in [0.25, 0.3) is 0 Å². The minimum Gasteiger partial charge on any atom is -0.426 e. The number of ether oxygens (including phenoxy) is 1.